The lowest BCUT2D eigenvalue weighted by Gasteiger charge is -2.25. The van der Waals surface area contributed by atoms with Gasteiger partial charge in [0.05, 0.1) is 16.4 Å². The summed E-state index contributed by atoms with van der Waals surface area (Å²) in [6, 6.07) is 22.9. The van der Waals surface area contributed by atoms with E-state index < -0.39 is 29.9 Å². The number of urea groups is 1. The summed E-state index contributed by atoms with van der Waals surface area (Å²) >= 11 is 2.55. The molecule has 2 atom stereocenters. The van der Waals surface area contributed by atoms with Gasteiger partial charge >= 0.3 is 6.03 Å². The van der Waals surface area contributed by atoms with E-state index in [-0.39, 0.29) is 56.2 Å². The molecule has 1 aliphatic heterocycles. The monoisotopic (exact) mass is 788 g/mol. The van der Waals surface area contributed by atoms with Crippen LogP contribution in [0.3, 0.4) is 0 Å². The Kier molecular flexibility index (Phi) is 16.8. The molecule has 0 radical (unpaired) electrons. The number of nitrogens with one attached hydrogen (secondary N) is 4. The van der Waals surface area contributed by atoms with Crippen molar-refractivity contribution in [3.63, 3.8) is 0 Å². The minimum Gasteiger partial charge on any atom is -0.392 e. The molecule has 15 heteroatoms. The first-order chi connectivity index (χ1) is 26.5. The van der Waals surface area contributed by atoms with Crippen molar-refractivity contribution in [2.24, 2.45) is 11.7 Å². The van der Waals surface area contributed by atoms with E-state index in [2.05, 4.69) is 21.3 Å². The maximum absolute atomic E-state index is 13.5. The molecular formula is C40H48N6O7S2. The van der Waals surface area contributed by atoms with Gasteiger partial charge in [0.15, 0.2) is 0 Å². The molecule has 0 unspecified atom stereocenters. The van der Waals surface area contributed by atoms with Crippen LogP contribution in [-0.4, -0.2) is 70.7 Å². The summed E-state index contributed by atoms with van der Waals surface area (Å²) in [4.78, 5) is 81.7. The van der Waals surface area contributed by atoms with E-state index >= 15 is 0 Å². The predicted octanol–water partition coefficient (Wildman–Crippen LogP) is 4.92. The largest absolute Gasteiger partial charge is 0.392 e. The third kappa shape index (κ3) is 13.3. The van der Waals surface area contributed by atoms with Crippen molar-refractivity contribution in [2.75, 3.05) is 18.4 Å². The first-order valence-electron chi connectivity index (χ1n) is 18.2. The molecular weight excluding hydrogens is 741 g/mol. The Labute approximate surface area is 329 Å². The molecule has 1 heterocycles. The van der Waals surface area contributed by atoms with Crippen molar-refractivity contribution >= 4 is 64.8 Å². The standard InChI is InChI=1S/C40H48N6O7S2/c1-26(2)33(37(50)44-31(17-12-23-42-40(41)53)36(49)43-28-21-19-27(25-47)20-22-28)45-32(48)18-10-5-11-24-46-38(51)34(54-29-13-6-3-7-14-29)35(39(46)52)55-30-15-8-4-9-16-30/h3-4,6-9,13-16,19-22,26,31,33,47H,5,10-12,17-18,23-25H2,1-2H3,(H,43,49)(H,44,50)(H,45,48)(H3,41,42,53)/t31-,33-/m0/s1. The van der Waals surface area contributed by atoms with Gasteiger partial charge in [-0.05, 0) is 73.6 Å². The number of hydrogen-bond acceptors (Lipinski definition) is 9. The van der Waals surface area contributed by atoms with Gasteiger partial charge < -0.3 is 32.1 Å². The molecule has 3 aromatic rings. The number of nitrogens with zero attached hydrogens (tertiary/aromatic N) is 1. The van der Waals surface area contributed by atoms with Crippen LogP contribution in [-0.2, 0) is 30.6 Å². The lowest BCUT2D eigenvalue weighted by molar-refractivity contribution is -0.137. The van der Waals surface area contributed by atoms with Gasteiger partial charge in [0.2, 0.25) is 17.7 Å². The molecule has 7 amide bonds. The summed E-state index contributed by atoms with van der Waals surface area (Å²) in [6.07, 6.45) is 2.16. The molecule has 4 rings (SSSR count). The lowest BCUT2D eigenvalue weighted by Crippen LogP contribution is -2.54. The summed E-state index contributed by atoms with van der Waals surface area (Å²) in [6.45, 7) is 3.82. The Hall–Kier alpha value is -5.12. The highest BCUT2D eigenvalue weighted by Gasteiger charge is 2.39. The summed E-state index contributed by atoms with van der Waals surface area (Å²) in [5.74, 6) is -2.34. The van der Waals surface area contributed by atoms with E-state index in [1.54, 1.807) is 38.1 Å². The van der Waals surface area contributed by atoms with Crippen LogP contribution in [0.4, 0.5) is 10.5 Å². The molecule has 3 aromatic carbocycles. The molecule has 13 nitrogen and oxygen atoms in total. The van der Waals surface area contributed by atoms with Crippen molar-refractivity contribution in [1.82, 2.24) is 20.9 Å². The number of carbonyl (C=O) groups excluding carboxylic acids is 6. The van der Waals surface area contributed by atoms with Gasteiger partial charge in [0.1, 0.15) is 12.1 Å². The Balaban J connectivity index is 1.29. The summed E-state index contributed by atoms with van der Waals surface area (Å²) in [7, 11) is 0. The van der Waals surface area contributed by atoms with Crippen molar-refractivity contribution in [1.29, 1.82) is 0 Å². The van der Waals surface area contributed by atoms with Crippen molar-refractivity contribution in [3.05, 3.63) is 100 Å². The third-order valence-electron chi connectivity index (χ3n) is 8.57. The summed E-state index contributed by atoms with van der Waals surface area (Å²) in [5, 5.41) is 20.1. The fourth-order valence-electron chi connectivity index (χ4n) is 5.61. The van der Waals surface area contributed by atoms with Crippen LogP contribution in [0.2, 0.25) is 0 Å². The number of unbranched alkanes of at least 4 members (excludes halogenated alkanes) is 2. The second-order valence-electron chi connectivity index (χ2n) is 13.2. The number of carbonyl (C=O) groups is 6. The van der Waals surface area contributed by atoms with Crippen LogP contribution >= 0.6 is 23.5 Å². The van der Waals surface area contributed by atoms with Gasteiger partial charge in [-0.3, -0.25) is 28.9 Å². The van der Waals surface area contributed by atoms with Gasteiger partial charge in [0.25, 0.3) is 11.8 Å². The molecule has 1 aliphatic rings. The first kappa shape index (κ1) is 42.6. The van der Waals surface area contributed by atoms with Gasteiger partial charge in [-0.25, -0.2) is 4.79 Å². The fraction of sp³-hybridized carbons (Fsp3) is 0.350. The number of anilines is 1. The Morgan fingerprint density at radius 1 is 0.745 bits per heavy atom. The maximum Gasteiger partial charge on any atom is 0.312 e. The van der Waals surface area contributed by atoms with Crippen LogP contribution in [0, 0.1) is 5.92 Å². The number of primary amides is 1. The number of aliphatic hydroxyl groups excluding tert-OH is 1. The SMILES string of the molecule is CC(C)[C@H](NC(=O)CCCCCN1C(=O)C(Sc2ccccc2)=C(Sc2ccccc2)C1=O)C(=O)N[C@@H](CCCNC(N)=O)C(=O)Nc1ccc(CO)cc1. The van der Waals surface area contributed by atoms with E-state index in [1.807, 2.05) is 60.7 Å². The Bertz CT molecular complexity index is 1760. The molecule has 7 N–H and O–H groups in total. The molecule has 292 valence electrons. The highest BCUT2D eigenvalue weighted by molar-refractivity contribution is 8.08. The number of aliphatic hydroxyl groups is 1. The predicted molar refractivity (Wildman–Crippen MR) is 213 cm³/mol. The average Bonchev–Trinajstić information content (AvgIpc) is 3.38. The van der Waals surface area contributed by atoms with E-state index in [9.17, 15) is 33.9 Å². The van der Waals surface area contributed by atoms with Gasteiger partial charge in [-0.2, -0.15) is 0 Å². The van der Waals surface area contributed by atoms with Crippen LogP contribution in [0.1, 0.15) is 57.9 Å². The molecule has 0 fully saturated rings. The number of rotatable bonds is 21. The summed E-state index contributed by atoms with van der Waals surface area (Å²) in [5.41, 5.74) is 6.30. The molecule has 0 saturated carbocycles. The average molecular weight is 789 g/mol. The molecule has 0 spiro atoms. The number of hydrogen-bond donors (Lipinski definition) is 6. The van der Waals surface area contributed by atoms with Gasteiger partial charge in [-0.1, -0.05) is 92.3 Å². The van der Waals surface area contributed by atoms with Crippen molar-refractivity contribution < 1.29 is 33.9 Å². The first-order valence-corrected chi connectivity index (χ1v) is 19.8. The van der Waals surface area contributed by atoms with Crippen molar-refractivity contribution in [3.8, 4) is 0 Å². The molecule has 0 aromatic heterocycles. The highest BCUT2D eigenvalue weighted by atomic mass is 32.2. The topological polar surface area (TPSA) is 200 Å². The van der Waals surface area contributed by atoms with Gasteiger partial charge in [0, 0.05) is 35.0 Å². The second-order valence-corrected chi connectivity index (χ2v) is 15.4. The lowest BCUT2D eigenvalue weighted by atomic mass is 10.0. The molecule has 0 bridgehead atoms. The zero-order valence-electron chi connectivity index (χ0n) is 30.9. The normalized spacial score (nSPS) is 13.8. The molecule has 0 aliphatic carbocycles. The van der Waals surface area contributed by atoms with Crippen LogP contribution in [0.5, 0.6) is 0 Å². The zero-order chi connectivity index (χ0) is 39.7. The number of thioether (sulfide) groups is 2. The second kappa shape index (κ2) is 21.7. The maximum atomic E-state index is 13.5. The number of imide groups is 1. The van der Waals surface area contributed by atoms with Crippen LogP contribution in [0.15, 0.2) is 105 Å². The van der Waals surface area contributed by atoms with E-state index in [1.165, 1.54) is 28.4 Å². The minimum atomic E-state index is -0.985. The van der Waals surface area contributed by atoms with E-state index in [0.29, 0.717) is 46.7 Å². The number of amides is 7. The number of benzene rings is 3. The molecule has 0 saturated heterocycles. The van der Waals surface area contributed by atoms with Crippen LogP contribution < -0.4 is 27.0 Å². The smallest absolute Gasteiger partial charge is 0.312 e. The zero-order valence-corrected chi connectivity index (χ0v) is 32.5. The number of nitrogens with two attached hydrogens (primary N) is 1. The Morgan fingerprint density at radius 2 is 1.33 bits per heavy atom. The van der Waals surface area contributed by atoms with Gasteiger partial charge in [-0.15, -0.1) is 0 Å². The van der Waals surface area contributed by atoms with E-state index in [0.717, 1.165) is 9.79 Å². The third-order valence-corrected chi connectivity index (χ3v) is 10.9. The van der Waals surface area contributed by atoms with Crippen molar-refractivity contribution in [2.45, 2.75) is 80.9 Å². The van der Waals surface area contributed by atoms with Crippen LogP contribution in [0.25, 0.3) is 0 Å². The fourth-order valence-corrected chi connectivity index (χ4v) is 7.67. The Morgan fingerprint density at radius 3 is 1.85 bits per heavy atom. The highest BCUT2D eigenvalue weighted by Crippen LogP contribution is 2.42. The van der Waals surface area contributed by atoms with E-state index in [4.69, 9.17) is 5.73 Å². The minimum absolute atomic E-state index is 0.118. The molecule has 55 heavy (non-hydrogen) atoms. The quantitative estimate of drug-likeness (QED) is 0.0641. The summed E-state index contributed by atoms with van der Waals surface area (Å²) < 4.78 is 0.